The summed E-state index contributed by atoms with van der Waals surface area (Å²) in [7, 11) is 1.57. The summed E-state index contributed by atoms with van der Waals surface area (Å²) in [6, 6.07) is 11.7. The van der Waals surface area contributed by atoms with Gasteiger partial charge in [-0.3, -0.25) is 19.3 Å². The highest BCUT2D eigenvalue weighted by molar-refractivity contribution is 8.18. The Morgan fingerprint density at radius 3 is 2.59 bits per heavy atom. The number of nitrogens with zero attached hydrogens (tertiary/aromatic N) is 1. The fourth-order valence-corrected chi connectivity index (χ4v) is 3.83. The number of rotatable bonds is 6. The van der Waals surface area contributed by atoms with Crippen LogP contribution in [0.4, 0.5) is 4.79 Å². The first-order valence-electron chi connectivity index (χ1n) is 8.51. The summed E-state index contributed by atoms with van der Waals surface area (Å²) in [5.41, 5.74) is 1.01. The first kappa shape index (κ1) is 21.2. The van der Waals surface area contributed by atoms with Crippen molar-refractivity contribution in [1.29, 1.82) is 0 Å². The number of carbonyl (C=O) groups is 3. The van der Waals surface area contributed by atoms with E-state index in [1.807, 2.05) is 0 Å². The van der Waals surface area contributed by atoms with Gasteiger partial charge in [0.05, 0.1) is 22.6 Å². The minimum Gasteiger partial charge on any atom is -0.497 e. The van der Waals surface area contributed by atoms with Crippen molar-refractivity contribution in [2.75, 3.05) is 20.2 Å². The van der Waals surface area contributed by atoms with Crippen molar-refractivity contribution in [2.45, 2.75) is 0 Å². The molecule has 0 aromatic heterocycles. The van der Waals surface area contributed by atoms with E-state index in [-0.39, 0.29) is 28.9 Å². The Hall–Kier alpha value is -2.48. The largest absolute Gasteiger partial charge is 0.497 e. The molecule has 0 radical (unpaired) electrons. The Balaban J connectivity index is 1.60. The molecule has 1 N–H and O–H groups in total. The molecule has 2 aromatic rings. The van der Waals surface area contributed by atoms with Crippen molar-refractivity contribution in [2.24, 2.45) is 0 Å². The van der Waals surface area contributed by atoms with Gasteiger partial charge in [0.1, 0.15) is 5.75 Å². The summed E-state index contributed by atoms with van der Waals surface area (Å²) in [4.78, 5) is 38.4. The van der Waals surface area contributed by atoms with Gasteiger partial charge in [0.15, 0.2) is 0 Å². The van der Waals surface area contributed by atoms with E-state index in [4.69, 9.17) is 27.9 Å². The minimum absolute atomic E-state index is 0.0501. The van der Waals surface area contributed by atoms with Crippen molar-refractivity contribution in [3.63, 3.8) is 0 Å². The summed E-state index contributed by atoms with van der Waals surface area (Å²) in [6.45, 7) is 0.143. The lowest BCUT2D eigenvalue weighted by Crippen LogP contribution is -2.37. The van der Waals surface area contributed by atoms with Crippen molar-refractivity contribution >= 4 is 58.1 Å². The van der Waals surface area contributed by atoms with E-state index in [9.17, 15) is 14.4 Å². The average molecular weight is 451 g/mol. The van der Waals surface area contributed by atoms with Gasteiger partial charge in [0.2, 0.25) is 0 Å². The molecule has 1 heterocycles. The average Bonchev–Trinajstić information content (AvgIpc) is 2.97. The Bertz CT molecular complexity index is 992. The zero-order valence-corrected chi connectivity index (χ0v) is 17.6. The molecule has 29 heavy (non-hydrogen) atoms. The number of imide groups is 1. The highest BCUT2D eigenvalue weighted by Crippen LogP contribution is 2.32. The number of thioether (sulfide) groups is 1. The quantitative estimate of drug-likeness (QED) is 0.656. The predicted molar refractivity (Wildman–Crippen MR) is 114 cm³/mol. The number of ether oxygens (including phenoxy) is 1. The van der Waals surface area contributed by atoms with Crippen LogP contribution in [-0.4, -0.2) is 42.2 Å². The van der Waals surface area contributed by atoms with Crippen LogP contribution in [0.2, 0.25) is 10.0 Å². The van der Waals surface area contributed by atoms with E-state index in [0.717, 1.165) is 22.2 Å². The van der Waals surface area contributed by atoms with Gasteiger partial charge in [0.25, 0.3) is 17.1 Å². The first-order chi connectivity index (χ1) is 13.9. The third kappa shape index (κ3) is 5.12. The zero-order chi connectivity index (χ0) is 21.0. The lowest BCUT2D eigenvalue weighted by molar-refractivity contribution is -0.122. The number of benzene rings is 2. The lowest BCUT2D eigenvalue weighted by atomic mass is 10.2. The third-order valence-electron chi connectivity index (χ3n) is 4.08. The summed E-state index contributed by atoms with van der Waals surface area (Å²) >= 11 is 12.7. The van der Waals surface area contributed by atoms with E-state index < -0.39 is 11.8 Å². The Morgan fingerprint density at radius 1 is 1.17 bits per heavy atom. The van der Waals surface area contributed by atoms with E-state index in [2.05, 4.69) is 5.32 Å². The highest BCUT2D eigenvalue weighted by Gasteiger charge is 2.34. The second-order valence-electron chi connectivity index (χ2n) is 5.99. The number of hydrogen-bond donors (Lipinski definition) is 1. The highest BCUT2D eigenvalue weighted by atomic mass is 35.5. The van der Waals surface area contributed by atoms with Gasteiger partial charge in [-0.25, -0.2) is 0 Å². The molecule has 1 saturated heterocycles. The normalized spacial score (nSPS) is 15.1. The molecule has 0 unspecified atom stereocenters. The van der Waals surface area contributed by atoms with Crippen LogP contribution in [0.1, 0.15) is 15.9 Å². The molecule has 1 aliphatic rings. The maximum atomic E-state index is 12.5. The minimum atomic E-state index is -0.432. The fourth-order valence-electron chi connectivity index (χ4n) is 2.59. The molecule has 1 fully saturated rings. The number of hydrogen-bond acceptors (Lipinski definition) is 5. The predicted octanol–water partition coefficient (Wildman–Crippen LogP) is 4.47. The van der Waals surface area contributed by atoms with Gasteiger partial charge < -0.3 is 10.1 Å². The standard InChI is InChI=1S/C20H16Cl2N2O4S/c1-28-14-5-2-12(3-6-14)10-17-19(26)24(20(27)29-17)9-8-23-18(25)15-11-13(21)4-7-16(15)22/h2-7,10-11H,8-9H2,1H3,(H,23,25). The Labute approximate surface area is 181 Å². The number of nitrogens with one attached hydrogen (secondary N) is 1. The van der Waals surface area contributed by atoms with E-state index in [1.54, 1.807) is 43.5 Å². The van der Waals surface area contributed by atoms with Gasteiger partial charge in [-0.15, -0.1) is 0 Å². The van der Waals surface area contributed by atoms with Crippen LogP contribution < -0.4 is 10.1 Å². The SMILES string of the molecule is COc1ccc(C=C2SC(=O)N(CCNC(=O)c3cc(Cl)ccc3Cl)C2=O)cc1. The Kier molecular flexibility index (Phi) is 6.84. The van der Waals surface area contributed by atoms with Crippen molar-refractivity contribution in [1.82, 2.24) is 10.2 Å². The molecule has 0 bridgehead atoms. The van der Waals surface area contributed by atoms with Gasteiger partial charge in [-0.05, 0) is 53.7 Å². The molecule has 0 aliphatic carbocycles. The number of methoxy groups -OCH3 is 1. The van der Waals surface area contributed by atoms with Crippen LogP contribution in [0.15, 0.2) is 47.4 Å². The van der Waals surface area contributed by atoms with Crippen LogP contribution in [0.3, 0.4) is 0 Å². The van der Waals surface area contributed by atoms with Gasteiger partial charge in [-0.2, -0.15) is 0 Å². The smallest absolute Gasteiger partial charge is 0.293 e. The van der Waals surface area contributed by atoms with Gasteiger partial charge in [-0.1, -0.05) is 35.3 Å². The van der Waals surface area contributed by atoms with E-state index in [1.165, 1.54) is 12.1 Å². The maximum Gasteiger partial charge on any atom is 0.293 e. The van der Waals surface area contributed by atoms with Gasteiger partial charge >= 0.3 is 0 Å². The summed E-state index contributed by atoms with van der Waals surface area (Å²) < 4.78 is 5.10. The molecule has 6 nitrogen and oxygen atoms in total. The molecule has 3 rings (SSSR count). The molecule has 3 amide bonds. The topological polar surface area (TPSA) is 75.7 Å². The maximum absolute atomic E-state index is 12.5. The molecular formula is C20H16Cl2N2O4S. The summed E-state index contributed by atoms with van der Waals surface area (Å²) in [6.07, 6.45) is 1.65. The molecule has 0 spiro atoms. The Morgan fingerprint density at radius 2 is 1.90 bits per heavy atom. The van der Waals surface area contributed by atoms with Crippen LogP contribution in [0.5, 0.6) is 5.75 Å². The molecule has 0 saturated carbocycles. The first-order valence-corrected chi connectivity index (χ1v) is 10.1. The molecule has 2 aromatic carbocycles. The van der Waals surface area contributed by atoms with Crippen molar-refractivity contribution in [3.8, 4) is 5.75 Å². The zero-order valence-electron chi connectivity index (χ0n) is 15.3. The van der Waals surface area contributed by atoms with Gasteiger partial charge in [0, 0.05) is 18.1 Å². The number of halogens is 2. The second-order valence-corrected chi connectivity index (χ2v) is 7.82. The summed E-state index contributed by atoms with van der Waals surface area (Å²) in [5, 5.41) is 2.90. The van der Waals surface area contributed by atoms with Crippen molar-refractivity contribution in [3.05, 3.63) is 68.5 Å². The van der Waals surface area contributed by atoms with E-state index in [0.29, 0.717) is 15.7 Å². The monoisotopic (exact) mass is 450 g/mol. The molecular weight excluding hydrogens is 435 g/mol. The number of amides is 3. The molecule has 0 atom stereocenters. The van der Waals surface area contributed by atoms with Crippen LogP contribution in [0, 0.1) is 0 Å². The second kappa shape index (κ2) is 9.35. The third-order valence-corrected chi connectivity index (χ3v) is 5.55. The van der Waals surface area contributed by atoms with Crippen LogP contribution in [0.25, 0.3) is 6.08 Å². The van der Waals surface area contributed by atoms with Crippen molar-refractivity contribution < 1.29 is 19.1 Å². The van der Waals surface area contributed by atoms with Crippen LogP contribution >= 0.6 is 35.0 Å². The lowest BCUT2D eigenvalue weighted by Gasteiger charge is -2.13. The molecule has 9 heteroatoms. The number of carbonyl (C=O) groups excluding carboxylic acids is 3. The van der Waals surface area contributed by atoms with Crippen LogP contribution in [-0.2, 0) is 4.79 Å². The molecule has 1 aliphatic heterocycles. The summed E-state index contributed by atoms with van der Waals surface area (Å²) in [5.74, 6) is -0.130. The van der Waals surface area contributed by atoms with E-state index >= 15 is 0 Å². The molecule has 150 valence electrons. The fraction of sp³-hybridized carbons (Fsp3) is 0.150.